The van der Waals surface area contributed by atoms with Gasteiger partial charge in [0.25, 0.3) is 0 Å². The van der Waals surface area contributed by atoms with Gasteiger partial charge in [0.05, 0.1) is 11.1 Å². The molecule has 0 aromatic heterocycles. The molecular formula is C23H32F3NO4S2. The van der Waals surface area contributed by atoms with Crippen molar-refractivity contribution < 1.29 is 32.0 Å². The van der Waals surface area contributed by atoms with Crippen LogP contribution in [0.4, 0.5) is 13.2 Å². The minimum absolute atomic E-state index is 0.113. The van der Waals surface area contributed by atoms with Crippen molar-refractivity contribution in [3.8, 4) is 0 Å². The zero-order chi connectivity index (χ0) is 25.1. The van der Waals surface area contributed by atoms with Gasteiger partial charge in [-0.25, -0.2) is 4.79 Å². The lowest BCUT2D eigenvalue weighted by atomic mass is 9.82. The van der Waals surface area contributed by atoms with Gasteiger partial charge in [-0.05, 0) is 45.1 Å². The van der Waals surface area contributed by atoms with E-state index in [2.05, 4.69) is 11.3 Å². The van der Waals surface area contributed by atoms with Crippen LogP contribution in [0.3, 0.4) is 0 Å². The number of ether oxygens (including phenoxy) is 2. The molecule has 0 saturated carbocycles. The summed E-state index contributed by atoms with van der Waals surface area (Å²) in [6, 6.07) is 6.64. The quantitative estimate of drug-likeness (QED) is 0.314. The van der Waals surface area contributed by atoms with Crippen LogP contribution in [-0.4, -0.2) is 51.4 Å². The van der Waals surface area contributed by atoms with Crippen LogP contribution < -0.4 is 4.72 Å². The Hall–Kier alpha value is -1.20. The molecule has 0 spiro atoms. The van der Waals surface area contributed by atoms with Crippen molar-refractivity contribution in [3.05, 3.63) is 48.0 Å². The maximum atomic E-state index is 13.8. The first kappa shape index (κ1) is 28.0. The van der Waals surface area contributed by atoms with E-state index in [1.54, 1.807) is 57.4 Å². The van der Waals surface area contributed by atoms with Crippen LogP contribution >= 0.6 is 11.8 Å². The Morgan fingerprint density at radius 1 is 1.21 bits per heavy atom. The first-order chi connectivity index (χ1) is 15.2. The standard InChI is InChI=1S/C23H32F3NO4S2/c1-13-14(2)21(32-7)31-19(18(13)30-20(28)16-11-9-8-10-12-16)17(15(3)23(24,25)26)27-33(29)22(4,5)6/h8-14,17-19,21,27H,3H2,1-2,4-7H3/t13-,14+,17+,18?,19+,21?,33?/m0/s1. The van der Waals surface area contributed by atoms with E-state index in [0.29, 0.717) is 0 Å². The normalized spacial score (nSPS) is 28.1. The van der Waals surface area contributed by atoms with Gasteiger partial charge in [0.2, 0.25) is 0 Å². The molecule has 0 amide bonds. The van der Waals surface area contributed by atoms with Crippen LogP contribution in [0.2, 0.25) is 0 Å². The van der Waals surface area contributed by atoms with Crippen molar-refractivity contribution in [1.29, 1.82) is 0 Å². The molecule has 1 aliphatic rings. The Morgan fingerprint density at radius 2 is 1.79 bits per heavy atom. The van der Waals surface area contributed by atoms with Gasteiger partial charge in [0.15, 0.2) is 0 Å². The molecule has 2 rings (SSSR count). The van der Waals surface area contributed by atoms with E-state index in [-0.39, 0.29) is 17.4 Å². The second-order valence-electron chi connectivity index (χ2n) is 9.16. The van der Waals surface area contributed by atoms with Gasteiger partial charge in [0.1, 0.15) is 28.4 Å². The Kier molecular flexibility index (Phi) is 9.37. The monoisotopic (exact) mass is 507 g/mol. The van der Waals surface area contributed by atoms with Gasteiger partial charge in [-0.15, -0.1) is 16.5 Å². The second kappa shape index (κ2) is 11.0. The van der Waals surface area contributed by atoms with Gasteiger partial charge in [-0.2, -0.15) is 13.2 Å². The van der Waals surface area contributed by atoms with E-state index < -0.39 is 57.5 Å². The van der Waals surface area contributed by atoms with Crippen molar-refractivity contribution in [2.24, 2.45) is 11.8 Å². The Bertz CT molecular complexity index is 816. The van der Waals surface area contributed by atoms with Crippen molar-refractivity contribution in [1.82, 2.24) is 4.72 Å². The predicted molar refractivity (Wildman–Crippen MR) is 126 cm³/mol. The van der Waals surface area contributed by atoms with Crippen LogP contribution in [0.5, 0.6) is 0 Å². The number of benzene rings is 1. The molecule has 33 heavy (non-hydrogen) atoms. The third-order valence-corrected chi connectivity index (χ3v) is 8.32. The maximum absolute atomic E-state index is 13.8. The summed E-state index contributed by atoms with van der Waals surface area (Å²) in [4.78, 5) is 12.8. The largest absolute Gasteiger partial charge is 0.598 e. The van der Waals surface area contributed by atoms with E-state index in [4.69, 9.17) is 9.47 Å². The molecule has 7 atom stereocenters. The van der Waals surface area contributed by atoms with E-state index in [1.807, 2.05) is 13.8 Å². The predicted octanol–water partition coefficient (Wildman–Crippen LogP) is 5.11. The van der Waals surface area contributed by atoms with E-state index in [1.165, 1.54) is 11.8 Å². The molecule has 5 nitrogen and oxygen atoms in total. The van der Waals surface area contributed by atoms with E-state index in [9.17, 15) is 22.5 Å². The van der Waals surface area contributed by atoms with E-state index >= 15 is 0 Å². The fourth-order valence-corrected chi connectivity index (χ4v) is 5.26. The molecule has 1 aliphatic heterocycles. The first-order valence-electron chi connectivity index (χ1n) is 10.6. The van der Waals surface area contributed by atoms with Crippen LogP contribution in [0, 0.1) is 11.8 Å². The molecule has 0 aliphatic carbocycles. The molecule has 1 fully saturated rings. The molecule has 10 heteroatoms. The van der Waals surface area contributed by atoms with Crippen molar-refractivity contribution in [3.63, 3.8) is 0 Å². The average Bonchev–Trinajstić information content (AvgIpc) is 2.74. The number of hydrogen-bond donors (Lipinski definition) is 1. The highest BCUT2D eigenvalue weighted by Crippen LogP contribution is 2.41. The summed E-state index contributed by atoms with van der Waals surface area (Å²) in [7, 11) is 0. The Balaban J connectivity index is 2.48. The molecule has 0 radical (unpaired) electrons. The summed E-state index contributed by atoms with van der Waals surface area (Å²) in [5.74, 6) is -1.11. The molecule has 1 aromatic rings. The van der Waals surface area contributed by atoms with Crippen molar-refractivity contribution >= 4 is 29.1 Å². The zero-order valence-corrected chi connectivity index (χ0v) is 21.3. The lowest BCUT2D eigenvalue weighted by molar-refractivity contribution is -0.158. The number of carbonyl (C=O) groups is 1. The lowest BCUT2D eigenvalue weighted by Gasteiger charge is -2.46. The van der Waals surface area contributed by atoms with Gasteiger partial charge in [-0.1, -0.05) is 38.6 Å². The van der Waals surface area contributed by atoms with Gasteiger partial charge in [0, 0.05) is 17.3 Å². The molecule has 1 heterocycles. The highest BCUT2D eigenvalue weighted by atomic mass is 32.2. The van der Waals surface area contributed by atoms with Gasteiger partial charge in [-0.3, -0.25) is 0 Å². The van der Waals surface area contributed by atoms with Crippen LogP contribution in [0.1, 0.15) is 45.0 Å². The summed E-state index contributed by atoms with van der Waals surface area (Å²) in [5, 5.41) is 0. The Labute approximate surface area is 201 Å². The van der Waals surface area contributed by atoms with Gasteiger partial charge >= 0.3 is 12.1 Å². The molecular weight excluding hydrogens is 475 g/mol. The lowest BCUT2D eigenvalue weighted by Crippen LogP contribution is -2.61. The second-order valence-corrected chi connectivity index (χ2v) is 12.1. The number of hydrogen-bond acceptors (Lipinski definition) is 6. The first-order valence-corrected chi connectivity index (χ1v) is 13.0. The minimum atomic E-state index is -4.77. The number of alkyl halides is 3. The Morgan fingerprint density at radius 3 is 2.27 bits per heavy atom. The molecule has 3 unspecified atom stereocenters. The topological polar surface area (TPSA) is 70.6 Å². The number of halogens is 3. The summed E-state index contributed by atoms with van der Waals surface area (Å²) in [5.41, 5.74) is -1.29. The van der Waals surface area contributed by atoms with Crippen molar-refractivity contribution in [2.45, 2.75) is 69.2 Å². The summed E-state index contributed by atoms with van der Waals surface area (Å²) in [6.45, 7) is 11.9. The smallest absolute Gasteiger partial charge is 0.413 e. The fraction of sp³-hybridized carbons (Fsp3) is 0.609. The van der Waals surface area contributed by atoms with Crippen LogP contribution in [0.15, 0.2) is 42.5 Å². The van der Waals surface area contributed by atoms with Crippen LogP contribution in [0.25, 0.3) is 0 Å². The number of nitrogens with one attached hydrogen (secondary N) is 1. The SMILES string of the molecule is C=C([C@@H](N[S+]([O-])C(C)(C)C)[C@H]1OC(SC)[C@H](C)[C@H](C)C1OC(=O)c1ccccc1)C(F)(F)F. The maximum Gasteiger partial charge on any atom is 0.413 e. The minimum Gasteiger partial charge on any atom is -0.598 e. The number of thioether (sulfide) groups is 1. The summed E-state index contributed by atoms with van der Waals surface area (Å²) in [6.07, 6.45) is -5.24. The summed E-state index contributed by atoms with van der Waals surface area (Å²) >= 11 is -0.497. The van der Waals surface area contributed by atoms with Gasteiger partial charge < -0.3 is 14.0 Å². The van der Waals surface area contributed by atoms with Crippen LogP contribution in [-0.2, 0) is 20.8 Å². The third kappa shape index (κ3) is 6.91. The fourth-order valence-electron chi connectivity index (χ4n) is 3.49. The average molecular weight is 508 g/mol. The molecule has 0 bridgehead atoms. The highest BCUT2D eigenvalue weighted by Gasteiger charge is 2.53. The number of carbonyl (C=O) groups excluding carboxylic acids is 1. The molecule has 1 aromatic carbocycles. The van der Waals surface area contributed by atoms with Crippen molar-refractivity contribution in [2.75, 3.05) is 6.26 Å². The van der Waals surface area contributed by atoms with E-state index in [0.717, 1.165) is 0 Å². The number of esters is 1. The molecule has 1 N–H and O–H groups in total. The zero-order valence-electron chi connectivity index (χ0n) is 19.6. The number of rotatable bonds is 7. The summed E-state index contributed by atoms with van der Waals surface area (Å²) < 4.78 is 67.8. The molecule has 186 valence electrons. The highest BCUT2D eigenvalue weighted by molar-refractivity contribution is 7.99. The molecule has 1 saturated heterocycles. The third-order valence-electron chi connectivity index (χ3n) is 5.74.